The number of rotatable bonds is 3. The highest BCUT2D eigenvalue weighted by Gasteiger charge is 2.17. The van der Waals surface area contributed by atoms with Crippen LogP contribution in [0.25, 0.3) is 0 Å². The van der Waals surface area contributed by atoms with Gasteiger partial charge in [0.2, 0.25) is 0 Å². The van der Waals surface area contributed by atoms with Gasteiger partial charge in [0.15, 0.2) is 0 Å². The van der Waals surface area contributed by atoms with Gasteiger partial charge in [-0.2, -0.15) is 0 Å². The number of nitrogens with one attached hydrogen (secondary N) is 1. The van der Waals surface area contributed by atoms with Gasteiger partial charge in [0.25, 0.3) is 10.0 Å². The molecule has 0 spiro atoms. The number of halogens is 2. The van der Waals surface area contributed by atoms with Crippen molar-refractivity contribution in [3.63, 3.8) is 0 Å². The summed E-state index contributed by atoms with van der Waals surface area (Å²) >= 11 is 7.65. The van der Waals surface area contributed by atoms with E-state index >= 15 is 0 Å². The zero-order chi connectivity index (χ0) is 13.3. The Kier molecular flexibility index (Phi) is 4.00. The maximum absolute atomic E-state index is 12.1. The zero-order valence-electron chi connectivity index (χ0n) is 8.85. The molecule has 0 bridgehead atoms. The van der Waals surface area contributed by atoms with Gasteiger partial charge in [-0.15, -0.1) is 11.3 Å². The predicted molar refractivity (Wildman–Crippen MR) is 81.4 cm³/mol. The molecular formula is C10H8Br2N2O2S2. The molecule has 0 amide bonds. The Morgan fingerprint density at radius 2 is 1.89 bits per heavy atom. The van der Waals surface area contributed by atoms with Crippen molar-refractivity contribution in [2.75, 3.05) is 10.5 Å². The van der Waals surface area contributed by atoms with E-state index in [1.807, 2.05) is 0 Å². The number of nitrogens with two attached hydrogens (primary N) is 1. The first-order chi connectivity index (χ1) is 8.38. The Balaban J connectivity index is 2.33. The minimum absolute atomic E-state index is 0.248. The minimum Gasteiger partial charge on any atom is -0.399 e. The Hall–Kier alpha value is -0.570. The van der Waals surface area contributed by atoms with Crippen LogP contribution in [0.3, 0.4) is 0 Å². The van der Waals surface area contributed by atoms with Crippen LogP contribution in [0.4, 0.5) is 11.4 Å². The molecule has 96 valence electrons. The molecule has 0 saturated carbocycles. The van der Waals surface area contributed by atoms with Gasteiger partial charge in [0.1, 0.15) is 4.21 Å². The van der Waals surface area contributed by atoms with Crippen molar-refractivity contribution in [2.45, 2.75) is 4.21 Å². The molecule has 0 saturated heterocycles. The average molecular weight is 412 g/mol. The van der Waals surface area contributed by atoms with E-state index in [0.717, 1.165) is 15.1 Å². The molecule has 18 heavy (non-hydrogen) atoms. The largest absolute Gasteiger partial charge is 0.399 e. The molecule has 2 aromatic rings. The second kappa shape index (κ2) is 5.20. The summed E-state index contributed by atoms with van der Waals surface area (Å²) in [6.45, 7) is 0. The lowest BCUT2D eigenvalue weighted by atomic mass is 10.3. The summed E-state index contributed by atoms with van der Waals surface area (Å²) in [7, 11) is -3.56. The highest BCUT2D eigenvalue weighted by atomic mass is 79.9. The molecule has 3 N–H and O–H groups in total. The number of sulfonamides is 1. The third kappa shape index (κ3) is 3.05. The van der Waals surface area contributed by atoms with Crippen molar-refractivity contribution in [2.24, 2.45) is 0 Å². The van der Waals surface area contributed by atoms with E-state index in [1.54, 1.807) is 30.3 Å². The summed E-state index contributed by atoms with van der Waals surface area (Å²) in [4.78, 5) is 0. The molecule has 4 nitrogen and oxygen atoms in total. The van der Waals surface area contributed by atoms with E-state index in [2.05, 4.69) is 36.6 Å². The molecule has 0 unspecified atom stereocenters. The zero-order valence-corrected chi connectivity index (χ0v) is 13.7. The van der Waals surface area contributed by atoms with Crippen molar-refractivity contribution in [1.82, 2.24) is 0 Å². The van der Waals surface area contributed by atoms with Crippen molar-refractivity contribution < 1.29 is 8.42 Å². The van der Waals surface area contributed by atoms with E-state index < -0.39 is 10.0 Å². The average Bonchev–Trinajstić information content (AvgIpc) is 2.70. The van der Waals surface area contributed by atoms with Crippen LogP contribution in [0.15, 0.2) is 42.8 Å². The second-order valence-electron chi connectivity index (χ2n) is 3.40. The van der Waals surface area contributed by atoms with Gasteiger partial charge in [-0.25, -0.2) is 8.42 Å². The summed E-state index contributed by atoms with van der Waals surface area (Å²) in [5.74, 6) is 0. The highest BCUT2D eigenvalue weighted by molar-refractivity contribution is 9.11. The molecule has 0 aliphatic rings. The summed E-state index contributed by atoms with van der Waals surface area (Å²) in [6, 6.07) is 8.12. The normalized spacial score (nSPS) is 11.4. The van der Waals surface area contributed by atoms with Crippen LogP contribution >= 0.6 is 43.2 Å². The van der Waals surface area contributed by atoms with Gasteiger partial charge in [-0.05, 0) is 62.2 Å². The van der Waals surface area contributed by atoms with Crippen molar-refractivity contribution in [3.8, 4) is 0 Å². The summed E-state index contributed by atoms with van der Waals surface area (Å²) in [5.41, 5.74) is 6.61. The standard InChI is InChI=1S/C10H8Br2N2O2S2/c11-7-5-6(13)1-2-8(7)14-18(15,16)10-4-3-9(12)17-10/h1-5,14H,13H2. The quantitative estimate of drug-likeness (QED) is 0.757. The first-order valence-electron chi connectivity index (χ1n) is 4.72. The van der Waals surface area contributed by atoms with Crippen molar-refractivity contribution >= 4 is 64.6 Å². The van der Waals surface area contributed by atoms with Gasteiger partial charge in [0, 0.05) is 10.2 Å². The van der Waals surface area contributed by atoms with E-state index in [0.29, 0.717) is 15.8 Å². The molecule has 0 aliphatic carbocycles. The van der Waals surface area contributed by atoms with Gasteiger partial charge >= 0.3 is 0 Å². The van der Waals surface area contributed by atoms with E-state index in [1.165, 1.54) is 0 Å². The second-order valence-corrected chi connectivity index (χ2v) is 8.63. The highest BCUT2D eigenvalue weighted by Crippen LogP contribution is 2.30. The molecule has 0 fully saturated rings. The Labute approximate surface area is 126 Å². The maximum Gasteiger partial charge on any atom is 0.271 e. The number of anilines is 2. The Morgan fingerprint density at radius 3 is 2.44 bits per heavy atom. The number of benzene rings is 1. The van der Waals surface area contributed by atoms with E-state index in [-0.39, 0.29) is 4.21 Å². The molecule has 1 heterocycles. The number of thiophene rings is 1. The molecule has 1 aromatic heterocycles. The van der Waals surface area contributed by atoms with Crippen LogP contribution in [-0.2, 0) is 10.0 Å². The third-order valence-corrected chi connectivity index (χ3v) is 6.19. The summed E-state index contributed by atoms with van der Waals surface area (Å²) in [6.07, 6.45) is 0. The topological polar surface area (TPSA) is 72.2 Å². The van der Waals surface area contributed by atoms with Crippen molar-refractivity contribution in [3.05, 3.63) is 38.6 Å². The first-order valence-corrected chi connectivity index (χ1v) is 8.60. The van der Waals surface area contributed by atoms with Crippen LogP contribution < -0.4 is 10.5 Å². The SMILES string of the molecule is Nc1ccc(NS(=O)(=O)c2ccc(Br)s2)c(Br)c1. The van der Waals surface area contributed by atoms with E-state index in [9.17, 15) is 8.42 Å². The number of hydrogen-bond donors (Lipinski definition) is 2. The molecule has 1 aromatic carbocycles. The third-order valence-electron chi connectivity index (χ3n) is 2.05. The lowest BCUT2D eigenvalue weighted by Crippen LogP contribution is -2.11. The van der Waals surface area contributed by atoms with Crippen molar-refractivity contribution in [1.29, 1.82) is 0 Å². The van der Waals surface area contributed by atoms with Crippen LogP contribution in [-0.4, -0.2) is 8.42 Å². The Bertz CT molecular complexity index is 683. The molecular weight excluding hydrogens is 404 g/mol. The minimum atomic E-state index is -3.56. The first kappa shape index (κ1) is 13.9. The smallest absolute Gasteiger partial charge is 0.271 e. The number of hydrogen-bond acceptors (Lipinski definition) is 4. The maximum atomic E-state index is 12.1. The lowest BCUT2D eigenvalue weighted by molar-refractivity contribution is 0.603. The molecule has 2 rings (SSSR count). The Morgan fingerprint density at radius 1 is 1.17 bits per heavy atom. The summed E-state index contributed by atoms with van der Waals surface area (Å²) in [5, 5.41) is 0. The fraction of sp³-hybridized carbons (Fsp3) is 0. The van der Waals surface area contributed by atoms with E-state index in [4.69, 9.17) is 5.73 Å². The van der Waals surface area contributed by atoms with Gasteiger partial charge in [0.05, 0.1) is 9.47 Å². The van der Waals surface area contributed by atoms with Crippen LogP contribution in [0.2, 0.25) is 0 Å². The number of nitrogen functional groups attached to an aromatic ring is 1. The summed E-state index contributed by atoms with van der Waals surface area (Å²) < 4.78 is 28.3. The lowest BCUT2D eigenvalue weighted by Gasteiger charge is -2.08. The van der Waals surface area contributed by atoms with Gasteiger partial charge in [-0.3, -0.25) is 4.72 Å². The van der Waals surface area contributed by atoms with Gasteiger partial charge in [-0.1, -0.05) is 0 Å². The molecule has 8 heteroatoms. The molecule has 0 radical (unpaired) electrons. The fourth-order valence-electron chi connectivity index (χ4n) is 1.25. The fourth-order valence-corrected chi connectivity index (χ4v) is 4.97. The van der Waals surface area contributed by atoms with Crippen LogP contribution in [0.5, 0.6) is 0 Å². The van der Waals surface area contributed by atoms with Gasteiger partial charge < -0.3 is 5.73 Å². The molecule has 0 aliphatic heterocycles. The van der Waals surface area contributed by atoms with Crippen LogP contribution in [0.1, 0.15) is 0 Å². The predicted octanol–water partition coefficient (Wildman–Crippen LogP) is 3.66. The monoisotopic (exact) mass is 410 g/mol. The van der Waals surface area contributed by atoms with Crippen LogP contribution in [0, 0.1) is 0 Å². The molecule has 0 atom stereocenters.